The average Bonchev–Trinajstić information content (AvgIpc) is 3.53. The summed E-state index contributed by atoms with van der Waals surface area (Å²) in [5.41, 5.74) is 12.1. The number of rotatable bonds is 6. The van der Waals surface area contributed by atoms with Crippen LogP contribution in [0, 0.1) is 0 Å². The van der Waals surface area contributed by atoms with Crippen molar-refractivity contribution in [1.82, 2.24) is 0 Å². The Hall–Kier alpha value is -6.38. The van der Waals surface area contributed by atoms with E-state index in [4.69, 9.17) is 4.42 Å². The van der Waals surface area contributed by atoms with E-state index in [2.05, 4.69) is 193 Å². The molecule has 0 N–H and O–H groups in total. The molecule has 0 atom stereocenters. The maximum Gasteiger partial charge on any atom is 0.136 e. The molecule has 0 aliphatic heterocycles. The van der Waals surface area contributed by atoms with Crippen molar-refractivity contribution in [3.05, 3.63) is 188 Å². The molecular weight excluding hydrogens is 583 g/mol. The van der Waals surface area contributed by atoms with Crippen LogP contribution < -0.4 is 4.90 Å². The smallest absolute Gasteiger partial charge is 0.136 e. The maximum atomic E-state index is 6.58. The fraction of sp³-hybridized carbons (Fsp3) is 0. The minimum atomic E-state index is 0.877. The molecule has 0 radical (unpaired) electrons. The van der Waals surface area contributed by atoms with Crippen LogP contribution in [-0.2, 0) is 0 Å². The molecule has 0 spiro atoms. The Labute approximate surface area is 279 Å². The number of fused-ring (bicyclic) bond motifs is 4. The van der Waals surface area contributed by atoms with E-state index in [1.54, 1.807) is 0 Å². The minimum Gasteiger partial charge on any atom is -0.456 e. The van der Waals surface area contributed by atoms with E-state index in [0.717, 1.165) is 50.1 Å². The third-order valence-electron chi connectivity index (χ3n) is 9.25. The fourth-order valence-corrected chi connectivity index (χ4v) is 6.92. The van der Waals surface area contributed by atoms with Crippen molar-refractivity contribution in [1.29, 1.82) is 0 Å². The van der Waals surface area contributed by atoms with Crippen LogP contribution in [0.3, 0.4) is 0 Å². The van der Waals surface area contributed by atoms with Gasteiger partial charge in [-0.05, 0) is 87.1 Å². The predicted octanol–water partition coefficient (Wildman–Crippen LogP) is 13.2. The van der Waals surface area contributed by atoms with Gasteiger partial charge in [0.25, 0.3) is 0 Å². The summed E-state index contributed by atoms with van der Waals surface area (Å²) in [5.74, 6) is 0. The lowest BCUT2D eigenvalue weighted by atomic mass is 9.95. The molecule has 0 aliphatic carbocycles. The zero-order chi connectivity index (χ0) is 31.9. The molecule has 0 aliphatic rings. The number of hydrogen-bond donors (Lipinski definition) is 0. The largest absolute Gasteiger partial charge is 0.456 e. The van der Waals surface area contributed by atoms with Crippen molar-refractivity contribution >= 4 is 49.8 Å². The zero-order valence-corrected chi connectivity index (χ0v) is 26.3. The Morgan fingerprint density at radius 3 is 1.35 bits per heavy atom. The Bertz CT molecular complexity index is 2430. The second-order valence-corrected chi connectivity index (χ2v) is 12.2. The molecule has 0 amide bonds. The molecule has 0 unspecified atom stereocenters. The lowest BCUT2D eigenvalue weighted by molar-refractivity contribution is 0.669. The highest BCUT2D eigenvalue weighted by molar-refractivity contribution is 6.18. The van der Waals surface area contributed by atoms with Crippen LogP contribution in [0.1, 0.15) is 0 Å². The standard InChI is InChI=1S/C46H31NO/c1-4-12-32(13-5-1)34-20-24-39(25-21-34)47(40-26-22-35(23-27-40)33-14-6-2-7-15-33)42-28-29-43-46(45(42)36-16-8-3-9-17-36)41-30-37-18-10-11-19-38(37)31-44(41)48-43/h1-31H. The molecule has 226 valence electrons. The van der Waals surface area contributed by atoms with Crippen LogP contribution in [0.2, 0.25) is 0 Å². The van der Waals surface area contributed by atoms with Gasteiger partial charge in [0.1, 0.15) is 11.2 Å². The van der Waals surface area contributed by atoms with Crippen LogP contribution in [0.4, 0.5) is 17.1 Å². The molecule has 0 saturated heterocycles. The first-order chi connectivity index (χ1) is 23.8. The molecule has 2 heteroatoms. The first-order valence-corrected chi connectivity index (χ1v) is 16.3. The van der Waals surface area contributed by atoms with Crippen LogP contribution in [0.15, 0.2) is 192 Å². The summed E-state index contributed by atoms with van der Waals surface area (Å²) >= 11 is 0. The quantitative estimate of drug-likeness (QED) is 0.185. The van der Waals surface area contributed by atoms with Crippen LogP contribution >= 0.6 is 0 Å². The van der Waals surface area contributed by atoms with E-state index in [1.165, 1.54) is 33.0 Å². The third-order valence-corrected chi connectivity index (χ3v) is 9.25. The van der Waals surface area contributed by atoms with Crippen LogP contribution in [0.25, 0.3) is 66.1 Å². The van der Waals surface area contributed by atoms with Crippen molar-refractivity contribution in [2.45, 2.75) is 0 Å². The molecule has 9 rings (SSSR count). The van der Waals surface area contributed by atoms with E-state index in [-0.39, 0.29) is 0 Å². The van der Waals surface area contributed by atoms with Gasteiger partial charge in [-0.15, -0.1) is 0 Å². The monoisotopic (exact) mass is 613 g/mol. The fourth-order valence-electron chi connectivity index (χ4n) is 6.92. The van der Waals surface area contributed by atoms with Crippen LogP contribution in [0.5, 0.6) is 0 Å². The molecular formula is C46H31NO. The van der Waals surface area contributed by atoms with Crippen molar-refractivity contribution in [2.75, 3.05) is 4.90 Å². The van der Waals surface area contributed by atoms with Gasteiger partial charge in [0.05, 0.1) is 5.69 Å². The molecule has 8 aromatic carbocycles. The molecule has 9 aromatic rings. The minimum absolute atomic E-state index is 0.877. The summed E-state index contributed by atoms with van der Waals surface area (Å²) in [6.45, 7) is 0. The first-order valence-electron chi connectivity index (χ1n) is 16.3. The second kappa shape index (κ2) is 11.8. The highest BCUT2D eigenvalue weighted by atomic mass is 16.3. The van der Waals surface area contributed by atoms with E-state index in [0.29, 0.717) is 0 Å². The number of hydrogen-bond acceptors (Lipinski definition) is 2. The molecule has 0 saturated carbocycles. The maximum absolute atomic E-state index is 6.58. The van der Waals surface area contributed by atoms with Gasteiger partial charge < -0.3 is 9.32 Å². The van der Waals surface area contributed by atoms with Gasteiger partial charge in [0, 0.05) is 27.7 Å². The topological polar surface area (TPSA) is 16.4 Å². The SMILES string of the molecule is c1ccc(-c2ccc(N(c3ccc(-c4ccccc4)cc3)c3ccc4oc5cc6ccccc6cc5c4c3-c3ccccc3)cc2)cc1. The van der Waals surface area contributed by atoms with Crippen molar-refractivity contribution < 1.29 is 4.42 Å². The number of anilines is 3. The highest BCUT2D eigenvalue weighted by Gasteiger charge is 2.23. The molecule has 0 fully saturated rings. The number of nitrogens with zero attached hydrogens (tertiary/aromatic N) is 1. The number of benzene rings is 8. The molecule has 1 aromatic heterocycles. The van der Waals surface area contributed by atoms with E-state index < -0.39 is 0 Å². The van der Waals surface area contributed by atoms with Crippen molar-refractivity contribution in [2.24, 2.45) is 0 Å². The highest BCUT2D eigenvalue weighted by Crippen LogP contribution is 2.47. The molecule has 2 nitrogen and oxygen atoms in total. The Kier molecular flexibility index (Phi) is 6.84. The van der Waals surface area contributed by atoms with Gasteiger partial charge in [0.15, 0.2) is 0 Å². The molecule has 48 heavy (non-hydrogen) atoms. The molecule has 0 bridgehead atoms. The number of furan rings is 1. The van der Waals surface area contributed by atoms with E-state index in [1.807, 2.05) is 0 Å². The molecule has 1 heterocycles. The lowest BCUT2D eigenvalue weighted by Gasteiger charge is -2.28. The summed E-state index contributed by atoms with van der Waals surface area (Å²) in [5, 5.41) is 4.60. The first kappa shape index (κ1) is 27.9. The van der Waals surface area contributed by atoms with E-state index in [9.17, 15) is 0 Å². The average molecular weight is 614 g/mol. The Balaban J connectivity index is 1.30. The summed E-state index contributed by atoms with van der Waals surface area (Å²) in [6, 6.07) is 66.9. The van der Waals surface area contributed by atoms with Gasteiger partial charge in [-0.3, -0.25) is 0 Å². The van der Waals surface area contributed by atoms with Gasteiger partial charge in [-0.2, -0.15) is 0 Å². The normalized spacial score (nSPS) is 11.3. The predicted molar refractivity (Wildman–Crippen MR) is 202 cm³/mol. The van der Waals surface area contributed by atoms with Gasteiger partial charge >= 0.3 is 0 Å². The third kappa shape index (κ3) is 4.92. The summed E-state index contributed by atoms with van der Waals surface area (Å²) in [7, 11) is 0. The second-order valence-electron chi connectivity index (χ2n) is 12.2. The summed E-state index contributed by atoms with van der Waals surface area (Å²) in [6.07, 6.45) is 0. The summed E-state index contributed by atoms with van der Waals surface area (Å²) in [4.78, 5) is 2.38. The Morgan fingerprint density at radius 2 is 0.812 bits per heavy atom. The van der Waals surface area contributed by atoms with Gasteiger partial charge in [0.2, 0.25) is 0 Å². The zero-order valence-electron chi connectivity index (χ0n) is 26.3. The van der Waals surface area contributed by atoms with Gasteiger partial charge in [-0.1, -0.05) is 140 Å². The van der Waals surface area contributed by atoms with Crippen molar-refractivity contribution in [3.8, 4) is 33.4 Å². The van der Waals surface area contributed by atoms with Crippen LogP contribution in [-0.4, -0.2) is 0 Å². The van der Waals surface area contributed by atoms with Crippen molar-refractivity contribution in [3.63, 3.8) is 0 Å². The summed E-state index contributed by atoms with van der Waals surface area (Å²) < 4.78 is 6.58. The van der Waals surface area contributed by atoms with E-state index >= 15 is 0 Å². The van der Waals surface area contributed by atoms with Gasteiger partial charge in [-0.25, -0.2) is 0 Å². The Morgan fingerprint density at radius 1 is 0.354 bits per heavy atom. The lowest BCUT2D eigenvalue weighted by Crippen LogP contribution is -2.11.